The van der Waals surface area contributed by atoms with Crippen molar-refractivity contribution in [3.8, 4) is 0 Å². The maximum Gasteiger partial charge on any atom is 0.186 e. The monoisotopic (exact) mass is 478 g/mol. The number of benzene rings is 1. The number of aryl methyl sites for hydroxylation is 1. The molecule has 4 heterocycles. The van der Waals surface area contributed by atoms with E-state index >= 15 is 0 Å². The smallest absolute Gasteiger partial charge is 0.186 e. The van der Waals surface area contributed by atoms with Crippen LogP contribution in [-0.4, -0.2) is 58.8 Å². The molecule has 1 aliphatic carbocycles. The lowest BCUT2D eigenvalue weighted by Gasteiger charge is -2.28. The molecular formula is C26H31FN6S. The summed E-state index contributed by atoms with van der Waals surface area (Å²) in [4.78, 5) is 14.4. The number of alkyl halides is 1. The van der Waals surface area contributed by atoms with Gasteiger partial charge in [0.15, 0.2) is 5.13 Å². The zero-order valence-electron chi connectivity index (χ0n) is 20.0. The fourth-order valence-corrected chi connectivity index (χ4v) is 6.44. The van der Waals surface area contributed by atoms with Gasteiger partial charge in [-0.3, -0.25) is 0 Å². The molecule has 1 atom stereocenters. The van der Waals surface area contributed by atoms with E-state index in [0.29, 0.717) is 18.9 Å². The molecule has 1 N–H and O–H groups in total. The summed E-state index contributed by atoms with van der Waals surface area (Å²) < 4.78 is 16.9. The van der Waals surface area contributed by atoms with Crippen LogP contribution in [0.5, 0.6) is 0 Å². The minimum Gasteiger partial charge on any atom is -0.348 e. The lowest BCUT2D eigenvalue weighted by Crippen LogP contribution is -2.34. The number of anilines is 3. The molecule has 1 fully saturated rings. The summed E-state index contributed by atoms with van der Waals surface area (Å²) in [5.74, 6) is 0.842. The van der Waals surface area contributed by atoms with Crippen molar-refractivity contribution in [2.45, 2.75) is 44.3 Å². The Balaban J connectivity index is 1.26. The van der Waals surface area contributed by atoms with Crippen LogP contribution in [0.15, 0.2) is 30.3 Å². The van der Waals surface area contributed by atoms with Crippen LogP contribution in [0.25, 0.3) is 21.3 Å². The quantitative estimate of drug-likeness (QED) is 0.432. The van der Waals surface area contributed by atoms with E-state index < -0.39 is 6.17 Å². The Bertz CT molecular complexity index is 1350. The number of likely N-dealkylation sites (N-methyl/N-ethyl adjacent to an activating group) is 1. The van der Waals surface area contributed by atoms with E-state index in [9.17, 15) is 4.39 Å². The Morgan fingerprint density at radius 2 is 1.91 bits per heavy atom. The van der Waals surface area contributed by atoms with Crippen LogP contribution in [0.4, 0.5) is 21.0 Å². The van der Waals surface area contributed by atoms with Crippen molar-refractivity contribution in [3.63, 3.8) is 0 Å². The van der Waals surface area contributed by atoms with Crippen molar-refractivity contribution in [1.29, 1.82) is 0 Å². The van der Waals surface area contributed by atoms with Gasteiger partial charge >= 0.3 is 0 Å². The van der Waals surface area contributed by atoms with E-state index in [0.717, 1.165) is 58.4 Å². The lowest BCUT2D eigenvalue weighted by atomic mass is 9.91. The maximum atomic E-state index is 13.5. The van der Waals surface area contributed by atoms with Crippen LogP contribution in [-0.2, 0) is 19.9 Å². The van der Waals surface area contributed by atoms with Gasteiger partial charge in [0.05, 0.1) is 10.2 Å². The van der Waals surface area contributed by atoms with E-state index in [2.05, 4.69) is 71.2 Å². The Morgan fingerprint density at radius 1 is 1.09 bits per heavy atom. The highest BCUT2D eigenvalue weighted by Crippen LogP contribution is 2.35. The van der Waals surface area contributed by atoms with E-state index in [-0.39, 0.29) is 0 Å². The van der Waals surface area contributed by atoms with E-state index in [1.165, 1.54) is 23.1 Å². The summed E-state index contributed by atoms with van der Waals surface area (Å²) in [6.07, 6.45) is 3.89. The second-order valence-corrected chi connectivity index (χ2v) is 10.9. The molecule has 8 heteroatoms. The van der Waals surface area contributed by atoms with Crippen molar-refractivity contribution in [2.75, 3.05) is 37.4 Å². The summed E-state index contributed by atoms with van der Waals surface area (Å²) in [5, 5.41) is 5.75. The average molecular weight is 479 g/mol. The Morgan fingerprint density at radius 3 is 2.71 bits per heavy atom. The normalized spacial score (nSPS) is 19.3. The van der Waals surface area contributed by atoms with Crippen LogP contribution in [0, 0.1) is 0 Å². The average Bonchev–Trinajstić information content (AvgIpc) is 3.38. The molecule has 0 radical (unpaired) electrons. The van der Waals surface area contributed by atoms with Gasteiger partial charge in [0, 0.05) is 42.9 Å². The molecule has 34 heavy (non-hydrogen) atoms. The molecule has 178 valence electrons. The first-order valence-corrected chi connectivity index (χ1v) is 13.0. The SMILES string of the molecule is CN(C)C1CCc2c(c3ccc(Nc4ccc5sc(N6CCC(F)CC6)nc5c4)nc3n2C)C1. The summed E-state index contributed by atoms with van der Waals surface area (Å²) >= 11 is 1.68. The molecule has 1 saturated heterocycles. The molecule has 0 saturated carbocycles. The minimum atomic E-state index is -0.671. The van der Waals surface area contributed by atoms with Gasteiger partial charge in [-0.1, -0.05) is 11.3 Å². The Labute approximate surface area is 203 Å². The summed E-state index contributed by atoms with van der Waals surface area (Å²) in [5.41, 5.74) is 5.87. The number of nitrogens with one attached hydrogen (secondary N) is 1. The van der Waals surface area contributed by atoms with Crippen molar-refractivity contribution in [1.82, 2.24) is 19.4 Å². The Kier molecular flexibility index (Phi) is 5.45. The molecule has 3 aromatic heterocycles. The number of rotatable bonds is 4. The van der Waals surface area contributed by atoms with Crippen molar-refractivity contribution in [3.05, 3.63) is 41.6 Å². The van der Waals surface area contributed by atoms with E-state index in [4.69, 9.17) is 9.97 Å². The molecule has 1 unspecified atom stereocenters. The van der Waals surface area contributed by atoms with Gasteiger partial charge in [-0.15, -0.1) is 0 Å². The molecule has 0 amide bonds. The second-order valence-electron chi connectivity index (χ2n) is 9.88. The molecule has 1 aliphatic heterocycles. The zero-order valence-corrected chi connectivity index (χ0v) is 20.8. The molecule has 6 nitrogen and oxygen atoms in total. The molecule has 0 spiro atoms. The highest BCUT2D eigenvalue weighted by molar-refractivity contribution is 7.22. The second kappa shape index (κ2) is 8.50. The van der Waals surface area contributed by atoms with Gasteiger partial charge in [0.2, 0.25) is 0 Å². The first-order chi connectivity index (χ1) is 16.5. The minimum absolute atomic E-state index is 0.592. The number of nitrogens with zero attached hydrogens (tertiary/aromatic N) is 5. The molecule has 1 aromatic carbocycles. The number of hydrogen-bond donors (Lipinski definition) is 1. The van der Waals surface area contributed by atoms with Crippen molar-refractivity contribution in [2.24, 2.45) is 7.05 Å². The topological polar surface area (TPSA) is 49.2 Å². The van der Waals surface area contributed by atoms with Gasteiger partial charge in [0.25, 0.3) is 0 Å². The fraction of sp³-hybridized carbons (Fsp3) is 0.462. The number of halogens is 1. The molecular weight excluding hydrogens is 447 g/mol. The van der Waals surface area contributed by atoms with Gasteiger partial charge in [-0.05, 0) is 82.1 Å². The van der Waals surface area contributed by atoms with Crippen LogP contribution in [0.3, 0.4) is 0 Å². The molecule has 6 rings (SSSR count). The number of fused-ring (bicyclic) bond motifs is 4. The molecule has 2 aliphatic rings. The fourth-order valence-electron chi connectivity index (χ4n) is 5.44. The Hall–Kier alpha value is -2.71. The summed E-state index contributed by atoms with van der Waals surface area (Å²) in [6, 6.07) is 11.2. The number of hydrogen-bond acceptors (Lipinski definition) is 6. The largest absolute Gasteiger partial charge is 0.348 e. The third-order valence-electron chi connectivity index (χ3n) is 7.50. The highest BCUT2D eigenvalue weighted by atomic mass is 32.1. The standard InChI is InChI=1S/C26H31FN6S/c1-31(2)18-5-7-22-20(15-18)19-6-9-24(30-25(19)32(22)3)28-17-4-8-23-21(14-17)29-26(34-23)33-12-10-16(27)11-13-33/h4,6,8-9,14,16,18H,5,7,10-13,15H2,1-3H3,(H,28,30). The van der Waals surface area contributed by atoms with Crippen LogP contribution < -0.4 is 10.2 Å². The molecule has 0 bridgehead atoms. The van der Waals surface area contributed by atoms with Crippen LogP contribution in [0.1, 0.15) is 30.5 Å². The predicted molar refractivity (Wildman–Crippen MR) is 139 cm³/mol. The first-order valence-electron chi connectivity index (χ1n) is 12.2. The van der Waals surface area contributed by atoms with Gasteiger partial charge in [-0.25, -0.2) is 14.4 Å². The third kappa shape index (κ3) is 3.82. The van der Waals surface area contributed by atoms with Crippen LogP contribution >= 0.6 is 11.3 Å². The number of piperidine rings is 1. The number of pyridine rings is 1. The van der Waals surface area contributed by atoms with Gasteiger partial charge in [-0.2, -0.15) is 0 Å². The number of thiazole rings is 1. The van der Waals surface area contributed by atoms with Gasteiger partial charge < -0.3 is 19.7 Å². The van der Waals surface area contributed by atoms with Crippen molar-refractivity contribution < 1.29 is 4.39 Å². The van der Waals surface area contributed by atoms with E-state index in [1.807, 2.05) is 0 Å². The third-order valence-corrected chi connectivity index (χ3v) is 8.60. The first kappa shape index (κ1) is 21.8. The van der Waals surface area contributed by atoms with E-state index in [1.54, 1.807) is 11.3 Å². The summed E-state index contributed by atoms with van der Waals surface area (Å²) in [6.45, 7) is 1.48. The van der Waals surface area contributed by atoms with Crippen molar-refractivity contribution >= 4 is 49.2 Å². The number of aromatic nitrogens is 3. The van der Waals surface area contributed by atoms with Crippen LogP contribution in [0.2, 0.25) is 0 Å². The van der Waals surface area contributed by atoms with Gasteiger partial charge in [0.1, 0.15) is 17.6 Å². The summed E-state index contributed by atoms with van der Waals surface area (Å²) in [7, 11) is 6.49. The lowest BCUT2D eigenvalue weighted by molar-refractivity contribution is 0.267. The maximum absolute atomic E-state index is 13.5. The molecule has 4 aromatic rings. The zero-order chi connectivity index (χ0) is 23.4. The highest BCUT2D eigenvalue weighted by Gasteiger charge is 2.26. The predicted octanol–water partition coefficient (Wildman–Crippen LogP) is 5.28.